The molecule has 1 aromatic heterocycles. The predicted molar refractivity (Wildman–Crippen MR) is 58.6 cm³/mol. The highest BCUT2D eigenvalue weighted by Crippen LogP contribution is 2.15. The molecule has 0 aliphatic carbocycles. The number of pyridine rings is 1. The minimum Gasteiger partial charge on any atom is -0.340 e. The van der Waals surface area contributed by atoms with Crippen molar-refractivity contribution >= 4 is 11.5 Å². The lowest BCUT2D eigenvalue weighted by molar-refractivity contribution is 0.628. The lowest BCUT2D eigenvalue weighted by Crippen LogP contribution is -1.93. The third-order valence-electron chi connectivity index (χ3n) is 1.99. The average Bonchev–Trinajstić information content (AvgIpc) is 2.30. The molecule has 0 aliphatic rings. The highest BCUT2D eigenvalue weighted by atomic mass is 19.1. The number of benzene rings is 1. The van der Waals surface area contributed by atoms with Gasteiger partial charge in [-0.25, -0.2) is 9.37 Å². The van der Waals surface area contributed by atoms with Gasteiger partial charge in [-0.3, -0.25) is 0 Å². The van der Waals surface area contributed by atoms with E-state index >= 15 is 0 Å². The first kappa shape index (κ1) is 10.1. The van der Waals surface area contributed by atoms with Crippen molar-refractivity contribution in [2.45, 2.75) is 0 Å². The Bertz CT molecular complexity index is 529. The molecule has 0 atom stereocenters. The smallest absolute Gasteiger partial charge is 0.130 e. The zero-order chi connectivity index (χ0) is 11.4. The Balaban J connectivity index is 2.18. The molecule has 4 heteroatoms. The van der Waals surface area contributed by atoms with E-state index in [-0.39, 0.29) is 5.82 Å². The second-order valence-corrected chi connectivity index (χ2v) is 3.18. The number of hydrogen-bond donors (Lipinski definition) is 1. The van der Waals surface area contributed by atoms with Gasteiger partial charge in [-0.1, -0.05) is 6.07 Å². The number of hydrogen-bond acceptors (Lipinski definition) is 3. The van der Waals surface area contributed by atoms with Gasteiger partial charge < -0.3 is 5.32 Å². The first-order chi connectivity index (χ1) is 7.78. The summed E-state index contributed by atoms with van der Waals surface area (Å²) in [7, 11) is 0. The summed E-state index contributed by atoms with van der Waals surface area (Å²) in [5, 5.41) is 11.5. The van der Waals surface area contributed by atoms with Crippen LogP contribution in [-0.4, -0.2) is 4.98 Å². The fraction of sp³-hybridized carbons (Fsp3) is 0. The highest BCUT2D eigenvalue weighted by molar-refractivity contribution is 5.56. The summed E-state index contributed by atoms with van der Waals surface area (Å²) >= 11 is 0. The van der Waals surface area contributed by atoms with Crippen LogP contribution in [0.2, 0.25) is 0 Å². The van der Waals surface area contributed by atoms with Crippen LogP contribution in [0, 0.1) is 17.1 Å². The minimum absolute atomic E-state index is 0.307. The average molecular weight is 213 g/mol. The molecule has 1 aromatic carbocycles. The maximum atomic E-state index is 12.9. The van der Waals surface area contributed by atoms with Crippen LogP contribution >= 0.6 is 0 Å². The van der Waals surface area contributed by atoms with Gasteiger partial charge in [-0.2, -0.15) is 5.26 Å². The quantitative estimate of drug-likeness (QED) is 0.834. The summed E-state index contributed by atoms with van der Waals surface area (Å²) in [6.07, 6.45) is 1.46. The zero-order valence-corrected chi connectivity index (χ0v) is 8.31. The molecule has 0 bridgehead atoms. The van der Waals surface area contributed by atoms with E-state index < -0.39 is 0 Å². The van der Waals surface area contributed by atoms with Crippen LogP contribution in [0.15, 0.2) is 42.6 Å². The molecule has 1 heterocycles. The van der Waals surface area contributed by atoms with Crippen LogP contribution in [0.4, 0.5) is 15.9 Å². The van der Waals surface area contributed by atoms with E-state index in [4.69, 9.17) is 5.26 Å². The molecule has 0 saturated carbocycles. The SMILES string of the molecule is N#Cc1ccc(Nc2cccc(F)c2)nc1. The molecule has 2 rings (SSSR count). The summed E-state index contributed by atoms with van der Waals surface area (Å²) in [6.45, 7) is 0. The Labute approximate surface area is 92.2 Å². The van der Waals surface area contributed by atoms with E-state index in [1.165, 1.54) is 18.3 Å². The largest absolute Gasteiger partial charge is 0.340 e. The number of nitrogens with zero attached hydrogens (tertiary/aromatic N) is 2. The van der Waals surface area contributed by atoms with Crippen LogP contribution in [0.1, 0.15) is 5.56 Å². The maximum Gasteiger partial charge on any atom is 0.130 e. The normalized spacial score (nSPS) is 9.50. The summed E-state index contributed by atoms with van der Waals surface area (Å²) in [5.74, 6) is 0.267. The molecular formula is C12H8FN3. The van der Waals surface area contributed by atoms with Gasteiger partial charge in [0.1, 0.15) is 17.7 Å². The van der Waals surface area contributed by atoms with Crippen LogP contribution in [0.3, 0.4) is 0 Å². The molecule has 0 saturated heterocycles. The molecule has 3 nitrogen and oxygen atoms in total. The summed E-state index contributed by atoms with van der Waals surface area (Å²) in [5.41, 5.74) is 1.11. The molecule has 0 fully saturated rings. The van der Waals surface area contributed by atoms with Gasteiger partial charge >= 0.3 is 0 Å². The van der Waals surface area contributed by atoms with E-state index in [0.717, 1.165) is 0 Å². The van der Waals surface area contributed by atoms with Gasteiger partial charge in [0, 0.05) is 11.9 Å². The van der Waals surface area contributed by atoms with E-state index in [0.29, 0.717) is 17.1 Å². The third-order valence-corrected chi connectivity index (χ3v) is 1.99. The van der Waals surface area contributed by atoms with Gasteiger partial charge in [-0.05, 0) is 30.3 Å². The summed E-state index contributed by atoms with van der Waals surface area (Å²) < 4.78 is 12.9. The van der Waals surface area contributed by atoms with E-state index in [2.05, 4.69) is 10.3 Å². The van der Waals surface area contributed by atoms with Crippen molar-refractivity contribution in [1.82, 2.24) is 4.98 Å². The van der Waals surface area contributed by atoms with Crippen LogP contribution in [-0.2, 0) is 0 Å². The lowest BCUT2D eigenvalue weighted by Gasteiger charge is -2.04. The van der Waals surface area contributed by atoms with Crippen molar-refractivity contribution in [2.24, 2.45) is 0 Å². The van der Waals surface area contributed by atoms with Gasteiger partial charge in [0.2, 0.25) is 0 Å². The van der Waals surface area contributed by atoms with Crippen molar-refractivity contribution in [2.75, 3.05) is 5.32 Å². The lowest BCUT2D eigenvalue weighted by atomic mass is 10.3. The van der Waals surface area contributed by atoms with E-state index in [9.17, 15) is 4.39 Å². The standard InChI is InChI=1S/C12H8FN3/c13-10-2-1-3-11(6-10)16-12-5-4-9(7-14)8-15-12/h1-6,8H,(H,15,16). The number of nitriles is 1. The van der Waals surface area contributed by atoms with Gasteiger partial charge in [0.05, 0.1) is 5.56 Å². The van der Waals surface area contributed by atoms with Crippen molar-refractivity contribution < 1.29 is 4.39 Å². The molecule has 0 radical (unpaired) electrons. The van der Waals surface area contributed by atoms with E-state index in [1.807, 2.05) is 6.07 Å². The Morgan fingerprint density at radius 3 is 2.75 bits per heavy atom. The summed E-state index contributed by atoms with van der Waals surface area (Å²) in [4.78, 5) is 4.02. The minimum atomic E-state index is -0.307. The van der Waals surface area contributed by atoms with Crippen molar-refractivity contribution in [3.63, 3.8) is 0 Å². The third kappa shape index (κ3) is 2.34. The van der Waals surface area contributed by atoms with Crippen LogP contribution < -0.4 is 5.32 Å². The van der Waals surface area contributed by atoms with Crippen molar-refractivity contribution in [3.8, 4) is 6.07 Å². The second kappa shape index (κ2) is 4.41. The Hall–Kier alpha value is -2.41. The highest BCUT2D eigenvalue weighted by Gasteiger charge is 1.97. The fourth-order valence-electron chi connectivity index (χ4n) is 1.25. The predicted octanol–water partition coefficient (Wildman–Crippen LogP) is 2.84. The molecule has 78 valence electrons. The monoisotopic (exact) mass is 213 g/mol. The molecule has 0 amide bonds. The van der Waals surface area contributed by atoms with Crippen molar-refractivity contribution in [1.29, 1.82) is 5.26 Å². The molecule has 16 heavy (non-hydrogen) atoms. The van der Waals surface area contributed by atoms with Gasteiger partial charge in [-0.15, -0.1) is 0 Å². The molecule has 0 spiro atoms. The summed E-state index contributed by atoms with van der Waals surface area (Å²) in [6, 6.07) is 11.4. The topological polar surface area (TPSA) is 48.7 Å². The Morgan fingerprint density at radius 1 is 1.25 bits per heavy atom. The number of halogens is 1. The number of rotatable bonds is 2. The Kier molecular flexibility index (Phi) is 2.79. The number of anilines is 2. The zero-order valence-electron chi connectivity index (χ0n) is 8.31. The first-order valence-electron chi connectivity index (χ1n) is 4.67. The van der Waals surface area contributed by atoms with Gasteiger partial charge in [0.25, 0.3) is 0 Å². The molecule has 0 aliphatic heterocycles. The first-order valence-corrected chi connectivity index (χ1v) is 4.67. The Morgan fingerprint density at radius 2 is 2.12 bits per heavy atom. The second-order valence-electron chi connectivity index (χ2n) is 3.18. The maximum absolute atomic E-state index is 12.9. The molecule has 0 unspecified atom stereocenters. The van der Waals surface area contributed by atoms with Gasteiger partial charge in [0.15, 0.2) is 0 Å². The number of nitrogens with one attached hydrogen (secondary N) is 1. The molecule has 2 aromatic rings. The van der Waals surface area contributed by atoms with Crippen LogP contribution in [0.5, 0.6) is 0 Å². The molecular weight excluding hydrogens is 205 g/mol. The van der Waals surface area contributed by atoms with E-state index in [1.54, 1.807) is 24.3 Å². The molecule has 1 N–H and O–H groups in total. The fourth-order valence-corrected chi connectivity index (χ4v) is 1.25. The van der Waals surface area contributed by atoms with Crippen molar-refractivity contribution in [3.05, 3.63) is 54.0 Å². The number of aromatic nitrogens is 1. The van der Waals surface area contributed by atoms with Crippen LogP contribution in [0.25, 0.3) is 0 Å².